The van der Waals surface area contributed by atoms with Gasteiger partial charge in [0, 0.05) is 6.54 Å². The molecule has 0 bridgehead atoms. The first kappa shape index (κ1) is 13.1. The van der Waals surface area contributed by atoms with Gasteiger partial charge in [-0.05, 0) is 37.1 Å². The van der Waals surface area contributed by atoms with Crippen molar-refractivity contribution in [3.05, 3.63) is 30.1 Å². The Bertz CT molecular complexity index is 535. The number of nitrogens with zero attached hydrogens (tertiary/aromatic N) is 1. The summed E-state index contributed by atoms with van der Waals surface area (Å²) in [4.78, 5) is 25.9. The molecule has 2 fully saturated rings. The molecule has 0 aromatic heterocycles. The van der Waals surface area contributed by atoms with Gasteiger partial charge in [0.15, 0.2) is 0 Å². The summed E-state index contributed by atoms with van der Waals surface area (Å²) in [5, 5.41) is 2.81. The van der Waals surface area contributed by atoms with Gasteiger partial charge in [-0.15, -0.1) is 0 Å². The van der Waals surface area contributed by atoms with Crippen LogP contribution in [-0.2, 0) is 4.79 Å². The highest BCUT2D eigenvalue weighted by Crippen LogP contribution is 2.40. The largest absolute Gasteiger partial charge is 0.336 e. The predicted octanol–water partition coefficient (Wildman–Crippen LogP) is 2.83. The van der Waals surface area contributed by atoms with Crippen LogP contribution in [-0.4, -0.2) is 18.5 Å². The number of benzene rings is 1. The van der Waals surface area contributed by atoms with E-state index >= 15 is 0 Å². The summed E-state index contributed by atoms with van der Waals surface area (Å²) in [6.45, 7) is 0.419. The van der Waals surface area contributed by atoms with Crippen molar-refractivity contribution in [3.8, 4) is 0 Å². The van der Waals surface area contributed by atoms with E-state index in [2.05, 4.69) is 5.32 Å². The van der Waals surface area contributed by atoms with E-state index in [1.165, 1.54) is 24.3 Å². The number of anilines is 1. The molecule has 3 rings (SSSR count). The van der Waals surface area contributed by atoms with Crippen molar-refractivity contribution in [1.82, 2.24) is 5.32 Å². The Balaban J connectivity index is 1.93. The molecule has 3 amide bonds. The maximum Gasteiger partial charge on any atom is 0.328 e. The summed E-state index contributed by atoms with van der Waals surface area (Å²) in [5.41, 5.74) is -0.0425. The predicted molar refractivity (Wildman–Crippen MR) is 72.8 cm³/mol. The zero-order valence-electron chi connectivity index (χ0n) is 11.2. The lowest BCUT2D eigenvalue weighted by Crippen LogP contribution is -2.61. The molecule has 1 spiro atoms. The lowest BCUT2D eigenvalue weighted by molar-refractivity contribution is -0.130. The summed E-state index contributed by atoms with van der Waals surface area (Å²) in [5.74, 6) is -0.529. The number of imide groups is 1. The normalized spacial score (nSPS) is 21.9. The molecule has 5 heteroatoms. The van der Waals surface area contributed by atoms with Crippen molar-refractivity contribution in [2.75, 3.05) is 11.4 Å². The lowest BCUT2D eigenvalue weighted by atomic mass is 9.72. The Kier molecular flexibility index (Phi) is 3.20. The first-order valence-electron chi connectivity index (χ1n) is 7.00. The summed E-state index contributed by atoms with van der Waals surface area (Å²) in [6.07, 6.45) is 4.78. The number of carbonyl (C=O) groups excluding carboxylic acids is 2. The second kappa shape index (κ2) is 4.89. The average Bonchev–Trinajstić information content (AvgIpc) is 2.47. The molecule has 1 saturated heterocycles. The third-order valence-electron chi connectivity index (χ3n) is 4.33. The van der Waals surface area contributed by atoms with Crippen molar-refractivity contribution in [3.63, 3.8) is 0 Å². The molecular formula is C15H17FN2O2. The van der Waals surface area contributed by atoms with E-state index in [9.17, 15) is 14.0 Å². The van der Waals surface area contributed by atoms with Crippen molar-refractivity contribution < 1.29 is 14.0 Å². The minimum atomic E-state index is -0.472. The smallest absolute Gasteiger partial charge is 0.328 e. The zero-order valence-corrected chi connectivity index (χ0v) is 11.2. The van der Waals surface area contributed by atoms with E-state index in [1.807, 2.05) is 0 Å². The van der Waals surface area contributed by atoms with Gasteiger partial charge in [0.1, 0.15) is 5.82 Å². The Morgan fingerprint density at radius 2 is 1.70 bits per heavy atom. The Hall–Kier alpha value is -1.91. The van der Waals surface area contributed by atoms with E-state index in [0.717, 1.165) is 37.0 Å². The number of halogens is 1. The van der Waals surface area contributed by atoms with Crippen molar-refractivity contribution in [2.24, 2.45) is 5.41 Å². The Labute approximate surface area is 117 Å². The summed E-state index contributed by atoms with van der Waals surface area (Å²) < 4.78 is 13.0. The van der Waals surface area contributed by atoms with Crippen LogP contribution < -0.4 is 10.2 Å². The first-order chi connectivity index (χ1) is 9.62. The van der Waals surface area contributed by atoms with Crippen LogP contribution in [0.15, 0.2) is 24.3 Å². The first-order valence-corrected chi connectivity index (χ1v) is 7.00. The number of nitrogens with one attached hydrogen (secondary N) is 1. The fourth-order valence-corrected chi connectivity index (χ4v) is 3.17. The Morgan fingerprint density at radius 1 is 1.05 bits per heavy atom. The lowest BCUT2D eigenvalue weighted by Gasteiger charge is -2.43. The molecule has 0 atom stereocenters. The molecule has 1 N–H and O–H groups in total. The number of rotatable bonds is 1. The minimum absolute atomic E-state index is 0.146. The van der Waals surface area contributed by atoms with Gasteiger partial charge >= 0.3 is 6.03 Å². The molecule has 1 aliphatic carbocycles. The molecule has 20 heavy (non-hydrogen) atoms. The van der Waals surface area contributed by atoms with Crippen LogP contribution in [0.1, 0.15) is 32.1 Å². The highest BCUT2D eigenvalue weighted by molar-refractivity contribution is 6.18. The van der Waals surface area contributed by atoms with E-state index in [1.54, 1.807) is 0 Å². The van der Waals surface area contributed by atoms with Crippen LogP contribution in [0.3, 0.4) is 0 Å². The maximum atomic E-state index is 13.0. The molecule has 1 heterocycles. The van der Waals surface area contributed by atoms with Crippen LogP contribution >= 0.6 is 0 Å². The van der Waals surface area contributed by atoms with E-state index < -0.39 is 11.4 Å². The van der Waals surface area contributed by atoms with E-state index in [4.69, 9.17) is 0 Å². The van der Waals surface area contributed by atoms with Gasteiger partial charge in [-0.25, -0.2) is 14.1 Å². The monoisotopic (exact) mass is 276 g/mol. The Morgan fingerprint density at radius 3 is 2.35 bits per heavy atom. The van der Waals surface area contributed by atoms with Crippen LogP contribution in [0.2, 0.25) is 0 Å². The highest BCUT2D eigenvalue weighted by atomic mass is 19.1. The van der Waals surface area contributed by atoms with Crippen molar-refractivity contribution in [2.45, 2.75) is 32.1 Å². The maximum absolute atomic E-state index is 13.0. The molecule has 0 radical (unpaired) electrons. The molecule has 4 nitrogen and oxygen atoms in total. The summed E-state index contributed by atoms with van der Waals surface area (Å²) in [7, 11) is 0. The quantitative estimate of drug-likeness (QED) is 0.857. The van der Waals surface area contributed by atoms with E-state index in [-0.39, 0.29) is 11.7 Å². The SMILES string of the molecule is O=C1NCC2(CCCCC2)C(=O)N1c1ccc(F)cc1. The second-order valence-electron chi connectivity index (χ2n) is 5.62. The molecule has 1 aromatic carbocycles. The second-order valence-corrected chi connectivity index (χ2v) is 5.62. The average molecular weight is 276 g/mol. The van der Waals surface area contributed by atoms with Gasteiger partial charge in [0.05, 0.1) is 11.1 Å². The van der Waals surface area contributed by atoms with Gasteiger partial charge in [0.25, 0.3) is 0 Å². The molecule has 2 aliphatic rings. The summed E-state index contributed by atoms with van der Waals surface area (Å²) in [6, 6.07) is 5.04. The molecule has 1 aromatic rings. The van der Waals surface area contributed by atoms with Crippen LogP contribution in [0.25, 0.3) is 0 Å². The molecule has 1 saturated carbocycles. The van der Waals surface area contributed by atoms with Gasteiger partial charge in [-0.3, -0.25) is 4.79 Å². The van der Waals surface area contributed by atoms with Crippen molar-refractivity contribution in [1.29, 1.82) is 0 Å². The molecular weight excluding hydrogens is 259 g/mol. The number of amides is 3. The topological polar surface area (TPSA) is 49.4 Å². The minimum Gasteiger partial charge on any atom is -0.336 e. The van der Waals surface area contributed by atoms with Gasteiger partial charge in [-0.1, -0.05) is 19.3 Å². The fraction of sp³-hybridized carbons (Fsp3) is 0.467. The van der Waals surface area contributed by atoms with Gasteiger partial charge in [-0.2, -0.15) is 0 Å². The van der Waals surface area contributed by atoms with Crippen LogP contribution in [0.5, 0.6) is 0 Å². The number of hydrogen-bond donors (Lipinski definition) is 1. The standard InChI is InChI=1S/C15H17FN2O2/c16-11-4-6-12(7-5-11)18-13(19)15(10-17-14(18)20)8-2-1-3-9-15/h4-7H,1-3,8-10H2,(H,17,20). The van der Waals surface area contributed by atoms with Crippen LogP contribution in [0, 0.1) is 11.2 Å². The van der Waals surface area contributed by atoms with Crippen LogP contribution in [0.4, 0.5) is 14.9 Å². The molecule has 106 valence electrons. The third-order valence-corrected chi connectivity index (χ3v) is 4.33. The molecule has 1 aliphatic heterocycles. The number of carbonyl (C=O) groups is 2. The van der Waals surface area contributed by atoms with E-state index in [0.29, 0.717) is 12.2 Å². The van der Waals surface area contributed by atoms with Gasteiger partial charge in [0.2, 0.25) is 5.91 Å². The highest BCUT2D eigenvalue weighted by Gasteiger charge is 2.47. The number of hydrogen-bond acceptors (Lipinski definition) is 2. The fourth-order valence-electron chi connectivity index (χ4n) is 3.17. The number of urea groups is 1. The van der Waals surface area contributed by atoms with Gasteiger partial charge < -0.3 is 5.32 Å². The zero-order chi connectivity index (χ0) is 14.2. The van der Waals surface area contributed by atoms with Crippen molar-refractivity contribution >= 4 is 17.6 Å². The third kappa shape index (κ3) is 2.07. The molecule has 0 unspecified atom stereocenters. The summed E-state index contributed by atoms with van der Waals surface area (Å²) >= 11 is 0.